The normalized spacial score (nSPS) is 11.1. The second-order valence-corrected chi connectivity index (χ2v) is 7.24. The van der Waals surface area contributed by atoms with Crippen molar-refractivity contribution in [3.05, 3.63) is 45.7 Å². The Morgan fingerprint density at radius 2 is 1.76 bits per heavy atom. The van der Waals surface area contributed by atoms with Gasteiger partial charge in [-0.15, -0.1) is 0 Å². The highest BCUT2D eigenvalue weighted by Gasteiger charge is 2.23. The molecule has 2 aromatic rings. The summed E-state index contributed by atoms with van der Waals surface area (Å²) >= 11 is 11.8. The molecule has 8 heteroatoms. The van der Waals surface area contributed by atoms with E-state index in [0.717, 1.165) is 5.69 Å². The molecule has 0 aliphatic carbocycles. The minimum Gasteiger partial charge on any atom is -0.464 e. The summed E-state index contributed by atoms with van der Waals surface area (Å²) in [6, 6.07) is 5.91. The number of H-pyrrole nitrogens is 1. The fourth-order valence-electron chi connectivity index (χ4n) is 2.08. The Morgan fingerprint density at radius 1 is 1.08 bits per heavy atom. The lowest BCUT2D eigenvalue weighted by Crippen LogP contribution is -2.20. The molecule has 0 bridgehead atoms. The number of esters is 1. The predicted octanol–water partition coefficient (Wildman–Crippen LogP) is 5.05. The molecule has 0 spiro atoms. The van der Waals surface area contributed by atoms with Crippen LogP contribution in [-0.2, 0) is 10.2 Å². The molecule has 6 nitrogen and oxygen atoms in total. The first-order valence-electron chi connectivity index (χ1n) is 7.46. The summed E-state index contributed by atoms with van der Waals surface area (Å²) in [7, 11) is 1.28. The van der Waals surface area contributed by atoms with Gasteiger partial charge >= 0.3 is 12.0 Å². The van der Waals surface area contributed by atoms with Crippen molar-refractivity contribution >= 4 is 46.6 Å². The molecule has 1 heterocycles. The zero-order chi connectivity index (χ0) is 18.8. The van der Waals surface area contributed by atoms with Crippen LogP contribution in [-0.4, -0.2) is 24.1 Å². The smallest absolute Gasteiger partial charge is 0.356 e. The number of methoxy groups -OCH3 is 1. The summed E-state index contributed by atoms with van der Waals surface area (Å²) in [5.74, 6) is -0.569. The molecule has 1 aromatic carbocycles. The fourth-order valence-corrected chi connectivity index (χ4v) is 2.38. The third kappa shape index (κ3) is 4.67. The number of carbonyl (C=O) groups is 2. The molecule has 0 atom stereocenters. The van der Waals surface area contributed by atoms with E-state index in [1.54, 1.807) is 18.2 Å². The number of nitrogens with one attached hydrogen (secondary N) is 3. The van der Waals surface area contributed by atoms with Crippen LogP contribution in [0.1, 0.15) is 37.0 Å². The number of aromatic nitrogens is 1. The minimum absolute atomic E-state index is 0.178. The summed E-state index contributed by atoms with van der Waals surface area (Å²) in [5, 5.41) is 5.99. The third-order valence-corrected chi connectivity index (χ3v) is 4.18. The van der Waals surface area contributed by atoms with Crippen LogP contribution in [0.2, 0.25) is 10.0 Å². The lowest BCUT2D eigenvalue weighted by Gasteiger charge is -2.15. The molecular weight excluding hydrogens is 365 g/mol. The predicted molar refractivity (Wildman–Crippen MR) is 99.9 cm³/mol. The van der Waals surface area contributed by atoms with Gasteiger partial charge in [0.15, 0.2) is 0 Å². The minimum atomic E-state index is -0.569. The zero-order valence-corrected chi connectivity index (χ0v) is 15.8. The highest BCUT2D eigenvalue weighted by atomic mass is 35.5. The number of amides is 2. The van der Waals surface area contributed by atoms with Crippen LogP contribution in [0.15, 0.2) is 24.3 Å². The summed E-state index contributed by atoms with van der Waals surface area (Å²) in [6.45, 7) is 5.96. The summed E-state index contributed by atoms with van der Waals surface area (Å²) in [5.41, 5.74) is 1.53. The molecule has 3 N–H and O–H groups in total. The largest absolute Gasteiger partial charge is 0.464 e. The molecule has 2 amide bonds. The lowest BCUT2D eigenvalue weighted by atomic mass is 9.92. The van der Waals surface area contributed by atoms with Gasteiger partial charge < -0.3 is 20.4 Å². The molecule has 2 rings (SSSR count). The first kappa shape index (κ1) is 19.1. The topological polar surface area (TPSA) is 83.2 Å². The van der Waals surface area contributed by atoms with Crippen LogP contribution in [0.5, 0.6) is 0 Å². The molecule has 0 saturated heterocycles. The maximum Gasteiger partial charge on any atom is 0.356 e. The van der Waals surface area contributed by atoms with Crippen LogP contribution >= 0.6 is 23.2 Å². The van der Waals surface area contributed by atoms with Crippen molar-refractivity contribution in [3.63, 3.8) is 0 Å². The first-order valence-corrected chi connectivity index (χ1v) is 8.22. The van der Waals surface area contributed by atoms with E-state index in [1.165, 1.54) is 13.2 Å². The van der Waals surface area contributed by atoms with Crippen molar-refractivity contribution in [1.82, 2.24) is 4.98 Å². The van der Waals surface area contributed by atoms with E-state index in [0.29, 0.717) is 21.4 Å². The maximum absolute atomic E-state index is 12.2. The van der Waals surface area contributed by atoms with Crippen molar-refractivity contribution in [2.45, 2.75) is 26.2 Å². The van der Waals surface area contributed by atoms with Crippen molar-refractivity contribution in [1.29, 1.82) is 0 Å². The van der Waals surface area contributed by atoms with Gasteiger partial charge in [-0.3, -0.25) is 0 Å². The molecule has 0 aliphatic heterocycles. The van der Waals surface area contributed by atoms with Crippen LogP contribution < -0.4 is 10.6 Å². The second kappa shape index (κ2) is 7.37. The molecule has 1 aromatic heterocycles. The summed E-state index contributed by atoms with van der Waals surface area (Å²) < 4.78 is 4.76. The van der Waals surface area contributed by atoms with Crippen molar-refractivity contribution < 1.29 is 14.3 Å². The van der Waals surface area contributed by atoms with Gasteiger partial charge in [-0.05, 0) is 24.3 Å². The molecule has 0 aliphatic rings. The van der Waals surface area contributed by atoms with Crippen LogP contribution in [0.25, 0.3) is 0 Å². The number of benzene rings is 1. The lowest BCUT2D eigenvalue weighted by molar-refractivity contribution is 0.0595. The molecule has 0 unspecified atom stereocenters. The van der Waals surface area contributed by atoms with Gasteiger partial charge in [0.1, 0.15) is 5.69 Å². The molecule has 0 fully saturated rings. The number of hydrogen-bond acceptors (Lipinski definition) is 3. The Hall–Kier alpha value is -2.18. The fraction of sp³-hybridized carbons (Fsp3) is 0.294. The van der Waals surface area contributed by atoms with E-state index < -0.39 is 12.0 Å². The number of anilines is 2. The molecule has 0 radical (unpaired) electrons. The third-order valence-electron chi connectivity index (χ3n) is 3.44. The van der Waals surface area contributed by atoms with Gasteiger partial charge in [0.05, 0.1) is 22.8 Å². The van der Waals surface area contributed by atoms with E-state index in [4.69, 9.17) is 27.9 Å². The van der Waals surface area contributed by atoms with E-state index in [9.17, 15) is 9.59 Å². The van der Waals surface area contributed by atoms with Gasteiger partial charge in [0.25, 0.3) is 0 Å². The Balaban J connectivity index is 2.22. The number of halogens is 2. The van der Waals surface area contributed by atoms with Crippen LogP contribution in [0.3, 0.4) is 0 Å². The Kier molecular flexibility index (Phi) is 5.65. The Morgan fingerprint density at radius 3 is 2.32 bits per heavy atom. The quantitative estimate of drug-likeness (QED) is 0.648. The number of aromatic amines is 1. The number of carbonyl (C=O) groups excluding carboxylic acids is 2. The Labute approximate surface area is 155 Å². The van der Waals surface area contributed by atoms with E-state index in [2.05, 4.69) is 15.6 Å². The van der Waals surface area contributed by atoms with Gasteiger partial charge in [-0.2, -0.15) is 0 Å². The van der Waals surface area contributed by atoms with Crippen molar-refractivity contribution in [2.75, 3.05) is 17.7 Å². The van der Waals surface area contributed by atoms with Crippen molar-refractivity contribution in [3.8, 4) is 0 Å². The molecule has 0 saturated carbocycles. The van der Waals surface area contributed by atoms with E-state index in [-0.39, 0.29) is 11.1 Å². The number of ether oxygens (including phenoxy) is 1. The molecular formula is C17H19Cl2N3O3. The first-order chi connectivity index (χ1) is 11.6. The summed E-state index contributed by atoms with van der Waals surface area (Å²) in [6.07, 6.45) is 0. The molecule has 134 valence electrons. The average molecular weight is 384 g/mol. The highest BCUT2D eigenvalue weighted by molar-refractivity contribution is 6.42. The van der Waals surface area contributed by atoms with Crippen LogP contribution in [0, 0.1) is 0 Å². The van der Waals surface area contributed by atoms with Gasteiger partial charge in [0, 0.05) is 16.8 Å². The van der Waals surface area contributed by atoms with Gasteiger partial charge in [0.2, 0.25) is 0 Å². The SMILES string of the molecule is COC(=O)c1[nH]c(C(C)(C)C)cc1NC(=O)Nc1ccc(Cl)c(Cl)c1. The van der Waals surface area contributed by atoms with Gasteiger partial charge in [-0.1, -0.05) is 44.0 Å². The average Bonchev–Trinajstić information content (AvgIpc) is 2.94. The Bertz CT molecular complexity index is 810. The standard InChI is InChI=1S/C17H19Cl2N3O3/c1-17(2,3)13-8-12(14(22-13)15(23)25-4)21-16(24)20-9-5-6-10(18)11(19)7-9/h5-8,22H,1-4H3,(H2,20,21,24). The van der Waals surface area contributed by atoms with Gasteiger partial charge in [-0.25, -0.2) is 9.59 Å². The number of hydrogen-bond donors (Lipinski definition) is 3. The number of rotatable bonds is 3. The van der Waals surface area contributed by atoms with E-state index >= 15 is 0 Å². The van der Waals surface area contributed by atoms with Crippen molar-refractivity contribution in [2.24, 2.45) is 0 Å². The molecule has 25 heavy (non-hydrogen) atoms. The van der Waals surface area contributed by atoms with Crippen LogP contribution in [0.4, 0.5) is 16.2 Å². The number of urea groups is 1. The monoisotopic (exact) mass is 383 g/mol. The highest BCUT2D eigenvalue weighted by Crippen LogP contribution is 2.28. The van der Waals surface area contributed by atoms with E-state index in [1.807, 2.05) is 20.8 Å². The second-order valence-electron chi connectivity index (χ2n) is 6.42. The maximum atomic E-state index is 12.2. The zero-order valence-electron chi connectivity index (χ0n) is 14.3. The summed E-state index contributed by atoms with van der Waals surface area (Å²) in [4.78, 5) is 27.2.